The van der Waals surface area contributed by atoms with Crippen LogP contribution in [-0.2, 0) is 0 Å². The highest BCUT2D eigenvalue weighted by Crippen LogP contribution is 2.35. The van der Waals surface area contributed by atoms with E-state index in [2.05, 4.69) is 10.3 Å². The molecule has 1 amide bonds. The number of ether oxygens (including phenoxy) is 2. The van der Waals surface area contributed by atoms with Gasteiger partial charge in [-0.2, -0.15) is 0 Å². The number of aryl methyl sites for hydroxylation is 1. The number of carbonyl (C=O) groups is 1. The summed E-state index contributed by atoms with van der Waals surface area (Å²) in [6.07, 6.45) is 0. The number of thiazole rings is 1. The van der Waals surface area contributed by atoms with Crippen molar-refractivity contribution in [3.63, 3.8) is 0 Å². The number of fused-ring (bicyclic) bond motifs is 1. The Morgan fingerprint density at radius 1 is 1.44 bits per heavy atom. The molecule has 0 atom stereocenters. The molecule has 1 aliphatic heterocycles. The lowest BCUT2D eigenvalue weighted by atomic mass is 10.2. The second-order valence-corrected chi connectivity index (χ2v) is 4.65. The zero-order valence-electron chi connectivity index (χ0n) is 9.60. The van der Waals surface area contributed by atoms with Crippen LogP contribution >= 0.6 is 11.3 Å². The average molecular weight is 262 g/mol. The van der Waals surface area contributed by atoms with Crippen LogP contribution in [0.15, 0.2) is 23.6 Å². The molecule has 18 heavy (non-hydrogen) atoms. The molecule has 0 saturated heterocycles. The molecule has 0 radical (unpaired) electrons. The molecule has 1 N–H and O–H groups in total. The maximum absolute atomic E-state index is 12.1. The number of para-hydroxylation sites is 1. The highest BCUT2D eigenvalue weighted by atomic mass is 32.1. The van der Waals surface area contributed by atoms with Crippen LogP contribution in [0.5, 0.6) is 11.5 Å². The molecule has 0 saturated carbocycles. The molecule has 5 nitrogen and oxygen atoms in total. The molecule has 0 fully saturated rings. The Morgan fingerprint density at radius 2 is 2.33 bits per heavy atom. The SMILES string of the molecule is Cc1csc(NC(=O)c2cccc3c2OCO3)n1. The van der Waals surface area contributed by atoms with Gasteiger partial charge in [-0.25, -0.2) is 4.98 Å². The van der Waals surface area contributed by atoms with Gasteiger partial charge in [0.2, 0.25) is 6.79 Å². The number of benzene rings is 1. The van der Waals surface area contributed by atoms with Crippen molar-refractivity contribution in [1.29, 1.82) is 0 Å². The minimum atomic E-state index is -0.244. The van der Waals surface area contributed by atoms with Crippen LogP contribution in [0.25, 0.3) is 0 Å². The molecule has 92 valence electrons. The number of nitrogens with zero attached hydrogens (tertiary/aromatic N) is 1. The predicted molar refractivity (Wildman–Crippen MR) is 67.4 cm³/mol. The average Bonchev–Trinajstić information content (AvgIpc) is 2.97. The largest absolute Gasteiger partial charge is 0.454 e. The number of amides is 1. The number of aromatic nitrogens is 1. The minimum Gasteiger partial charge on any atom is -0.454 e. The quantitative estimate of drug-likeness (QED) is 0.903. The Balaban J connectivity index is 1.87. The van der Waals surface area contributed by atoms with Gasteiger partial charge in [0.25, 0.3) is 5.91 Å². The van der Waals surface area contributed by atoms with Crippen LogP contribution < -0.4 is 14.8 Å². The molecule has 1 aromatic carbocycles. The molecule has 2 heterocycles. The van der Waals surface area contributed by atoms with Gasteiger partial charge in [-0.05, 0) is 19.1 Å². The standard InChI is InChI=1S/C12H10N2O3S/c1-7-5-18-12(13-7)14-11(15)8-3-2-4-9-10(8)17-6-16-9/h2-5H,6H2,1H3,(H,13,14,15). The highest BCUT2D eigenvalue weighted by molar-refractivity contribution is 7.13. The topological polar surface area (TPSA) is 60.5 Å². The van der Waals surface area contributed by atoms with Crippen LogP contribution in [0.3, 0.4) is 0 Å². The molecule has 1 aliphatic rings. The maximum Gasteiger partial charge on any atom is 0.261 e. The molecular weight excluding hydrogens is 252 g/mol. The van der Waals surface area contributed by atoms with Gasteiger partial charge in [-0.1, -0.05) is 6.07 Å². The van der Waals surface area contributed by atoms with Crippen molar-refractivity contribution in [1.82, 2.24) is 4.98 Å². The first kappa shape index (κ1) is 11.0. The molecule has 0 spiro atoms. The van der Waals surface area contributed by atoms with E-state index in [-0.39, 0.29) is 12.7 Å². The monoisotopic (exact) mass is 262 g/mol. The Kier molecular flexibility index (Phi) is 2.64. The summed E-state index contributed by atoms with van der Waals surface area (Å²) in [4.78, 5) is 16.3. The van der Waals surface area contributed by atoms with Gasteiger partial charge in [0, 0.05) is 5.38 Å². The number of carbonyl (C=O) groups excluding carboxylic acids is 1. The molecule has 0 unspecified atom stereocenters. The van der Waals surface area contributed by atoms with Crippen molar-refractivity contribution in [3.05, 3.63) is 34.8 Å². The van der Waals surface area contributed by atoms with E-state index in [1.807, 2.05) is 12.3 Å². The van der Waals surface area contributed by atoms with Gasteiger partial charge < -0.3 is 9.47 Å². The number of anilines is 1. The molecule has 0 bridgehead atoms. The van der Waals surface area contributed by atoms with Crippen molar-refractivity contribution >= 4 is 22.4 Å². The second kappa shape index (κ2) is 4.30. The molecule has 0 aliphatic carbocycles. The Morgan fingerprint density at radius 3 is 3.11 bits per heavy atom. The van der Waals surface area contributed by atoms with Crippen molar-refractivity contribution in [2.24, 2.45) is 0 Å². The van der Waals surface area contributed by atoms with Gasteiger partial charge in [0.05, 0.1) is 11.3 Å². The molecule has 2 aromatic rings. The molecule has 1 aromatic heterocycles. The summed E-state index contributed by atoms with van der Waals surface area (Å²) in [5.74, 6) is 0.841. The van der Waals surface area contributed by atoms with Gasteiger partial charge >= 0.3 is 0 Å². The summed E-state index contributed by atoms with van der Waals surface area (Å²) in [6.45, 7) is 2.03. The number of rotatable bonds is 2. The Hall–Kier alpha value is -2.08. The van der Waals surface area contributed by atoms with Gasteiger partial charge in [0.15, 0.2) is 16.6 Å². The van der Waals surface area contributed by atoms with Crippen molar-refractivity contribution in [2.45, 2.75) is 6.92 Å². The first-order valence-electron chi connectivity index (χ1n) is 5.36. The normalized spacial score (nSPS) is 12.5. The second-order valence-electron chi connectivity index (χ2n) is 3.79. The van der Waals surface area contributed by atoms with Crippen molar-refractivity contribution in [2.75, 3.05) is 12.1 Å². The van der Waals surface area contributed by atoms with E-state index in [0.29, 0.717) is 22.2 Å². The molecular formula is C12H10N2O3S. The fourth-order valence-corrected chi connectivity index (χ4v) is 2.37. The summed E-state index contributed by atoms with van der Waals surface area (Å²) in [5.41, 5.74) is 1.34. The van der Waals surface area contributed by atoms with Gasteiger partial charge in [-0.15, -0.1) is 11.3 Å². The minimum absolute atomic E-state index is 0.149. The lowest BCUT2D eigenvalue weighted by Crippen LogP contribution is -2.12. The Labute approximate surface area is 107 Å². The maximum atomic E-state index is 12.1. The number of hydrogen-bond donors (Lipinski definition) is 1. The third kappa shape index (κ3) is 1.91. The smallest absolute Gasteiger partial charge is 0.261 e. The molecule has 3 rings (SSSR count). The van der Waals surface area contributed by atoms with Crippen LogP contribution in [0.2, 0.25) is 0 Å². The third-order valence-corrected chi connectivity index (χ3v) is 3.36. The van der Waals surface area contributed by atoms with Crippen LogP contribution in [0.1, 0.15) is 16.1 Å². The zero-order chi connectivity index (χ0) is 12.5. The third-order valence-electron chi connectivity index (χ3n) is 2.48. The van der Waals surface area contributed by atoms with Gasteiger partial charge in [0.1, 0.15) is 0 Å². The van der Waals surface area contributed by atoms with E-state index >= 15 is 0 Å². The summed E-state index contributed by atoms with van der Waals surface area (Å²) < 4.78 is 10.5. The summed E-state index contributed by atoms with van der Waals surface area (Å²) in [5, 5.41) is 5.20. The van der Waals surface area contributed by atoms with E-state index in [0.717, 1.165) is 5.69 Å². The van der Waals surface area contributed by atoms with E-state index in [1.165, 1.54) is 11.3 Å². The van der Waals surface area contributed by atoms with E-state index in [4.69, 9.17) is 9.47 Å². The first-order valence-corrected chi connectivity index (χ1v) is 6.24. The predicted octanol–water partition coefficient (Wildman–Crippen LogP) is 2.43. The van der Waals surface area contributed by atoms with E-state index < -0.39 is 0 Å². The van der Waals surface area contributed by atoms with Gasteiger partial charge in [-0.3, -0.25) is 10.1 Å². The van der Waals surface area contributed by atoms with Crippen molar-refractivity contribution < 1.29 is 14.3 Å². The van der Waals surface area contributed by atoms with Crippen LogP contribution in [0.4, 0.5) is 5.13 Å². The first-order chi connectivity index (χ1) is 8.74. The van der Waals surface area contributed by atoms with Crippen LogP contribution in [0, 0.1) is 6.92 Å². The lowest BCUT2D eigenvalue weighted by molar-refractivity contribution is 0.102. The summed E-state index contributed by atoms with van der Waals surface area (Å²) >= 11 is 1.39. The van der Waals surface area contributed by atoms with E-state index in [1.54, 1.807) is 18.2 Å². The van der Waals surface area contributed by atoms with Crippen molar-refractivity contribution in [3.8, 4) is 11.5 Å². The fourth-order valence-electron chi connectivity index (χ4n) is 1.68. The lowest BCUT2D eigenvalue weighted by Gasteiger charge is -2.04. The van der Waals surface area contributed by atoms with Crippen LogP contribution in [-0.4, -0.2) is 17.7 Å². The number of hydrogen-bond acceptors (Lipinski definition) is 5. The zero-order valence-corrected chi connectivity index (χ0v) is 10.4. The number of nitrogens with one attached hydrogen (secondary N) is 1. The summed E-state index contributed by atoms with van der Waals surface area (Å²) in [7, 11) is 0. The fraction of sp³-hybridized carbons (Fsp3) is 0.167. The Bertz CT molecular complexity index is 609. The molecule has 6 heteroatoms. The summed E-state index contributed by atoms with van der Waals surface area (Å²) in [6, 6.07) is 5.23. The van der Waals surface area contributed by atoms with E-state index in [9.17, 15) is 4.79 Å². The highest BCUT2D eigenvalue weighted by Gasteiger charge is 2.22.